The second-order valence-electron chi connectivity index (χ2n) is 8.90. The van der Waals surface area contributed by atoms with E-state index in [1.165, 1.54) is 4.90 Å². The molecule has 1 aliphatic heterocycles. The summed E-state index contributed by atoms with van der Waals surface area (Å²) in [5, 5.41) is 10.6. The molecule has 9 heteroatoms. The number of rotatable bonds is 7. The number of carbonyl (C=O) groups is 1. The lowest BCUT2D eigenvalue weighted by molar-refractivity contribution is -0.123. The first-order chi connectivity index (χ1) is 17.2. The largest absolute Gasteiger partial charge is 0.494 e. The molecule has 0 radical (unpaired) electrons. The average molecular weight is 539 g/mol. The van der Waals surface area contributed by atoms with Gasteiger partial charge in [0.15, 0.2) is 5.11 Å². The number of anilines is 1. The Balaban J connectivity index is 1.40. The van der Waals surface area contributed by atoms with Crippen LogP contribution in [-0.4, -0.2) is 39.6 Å². The van der Waals surface area contributed by atoms with E-state index in [0.29, 0.717) is 51.5 Å². The maximum atomic E-state index is 13.3. The van der Waals surface area contributed by atoms with Crippen molar-refractivity contribution in [1.29, 1.82) is 5.26 Å². The first-order valence-corrected chi connectivity index (χ1v) is 12.5. The van der Waals surface area contributed by atoms with Crippen LogP contribution in [0.1, 0.15) is 31.4 Å². The highest BCUT2D eigenvalue weighted by atomic mass is 35.5. The highest BCUT2D eigenvalue weighted by Crippen LogP contribution is 2.37. The molecular weight excluding hydrogens is 515 g/mol. The molecular formula is C27H24Cl2N4O2S. The topological polar surface area (TPSA) is 69.5 Å². The van der Waals surface area contributed by atoms with Gasteiger partial charge in [-0.05, 0) is 80.9 Å². The molecule has 0 unspecified atom stereocenters. The molecule has 1 aromatic heterocycles. The van der Waals surface area contributed by atoms with Crippen molar-refractivity contribution in [2.45, 2.75) is 32.7 Å². The van der Waals surface area contributed by atoms with Crippen LogP contribution < -0.4 is 9.64 Å². The molecule has 2 heterocycles. The van der Waals surface area contributed by atoms with Gasteiger partial charge in [0.25, 0.3) is 5.91 Å². The van der Waals surface area contributed by atoms with Gasteiger partial charge in [-0.2, -0.15) is 5.26 Å². The van der Waals surface area contributed by atoms with Crippen molar-refractivity contribution in [3.63, 3.8) is 0 Å². The molecule has 4 rings (SSSR count). The van der Waals surface area contributed by atoms with Crippen LogP contribution in [0.25, 0.3) is 11.1 Å². The fourth-order valence-electron chi connectivity index (χ4n) is 4.18. The van der Waals surface area contributed by atoms with Crippen LogP contribution in [-0.2, 0) is 4.79 Å². The number of pyridine rings is 1. The standard InChI is InChI=1S/C27H24Cl2N4O2S/c1-17-23(10-7-19(15-30)24(17)29)33-25(34)27(2,3)32(26(33)36)13-4-14-35-20-8-5-18(6-9-20)21-11-12-31-16-22(21)28/h5-12,16H,4,13-14H2,1-3H3. The van der Waals surface area contributed by atoms with Gasteiger partial charge in [-0.15, -0.1) is 0 Å². The number of ether oxygens (including phenoxy) is 1. The summed E-state index contributed by atoms with van der Waals surface area (Å²) in [6.07, 6.45) is 3.99. The van der Waals surface area contributed by atoms with Crippen LogP contribution in [0.4, 0.5) is 5.69 Å². The van der Waals surface area contributed by atoms with Gasteiger partial charge in [0.1, 0.15) is 17.4 Å². The Bertz CT molecular complexity index is 1370. The second kappa shape index (κ2) is 10.4. The van der Waals surface area contributed by atoms with Gasteiger partial charge in [-0.25, -0.2) is 0 Å². The molecule has 36 heavy (non-hydrogen) atoms. The molecule has 0 saturated carbocycles. The summed E-state index contributed by atoms with van der Waals surface area (Å²) in [5.74, 6) is 0.607. The van der Waals surface area contributed by atoms with Gasteiger partial charge in [-0.1, -0.05) is 35.3 Å². The zero-order chi connectivity index (χ0) is 26.0. The minimum absolute atomic E-state index is 0.136. The van der Waals surface area contributed by atoms with E-state index < -0.39 is 5.54 Å². The van der Waals surface area contributed by atoms with Crippen LogP contribution in [0.15, 0.2) is 54.9 Å². The molecule has 1 saturated heterocycles. The number of halogens is 2. The molecule has 2 aromatic carbocycles. The van der Waals surface area contributed by atoms with Crippen LogP contribution in [0.3, 0.4) is 0 Å². The summed E-state index contributed by atoms with van der Waals surface area (Å²) in [7, 11) is 0. The number of hydrogen-bond acceptors (Lipinski definition) is 5. The molecule has 1 aliphatic rings. The monoisotopic (exact) mass is 538 g/mol. The van der Waals surface area contributed by atoms with Gasteiger partial charge in [0, 0.05) is 24.5 Å². The summed E-state index contributed by atoms with van der Waals surface area (Å²) >= 11 is 18.3. The van der Waals surface area contributed by atoms with E-state index in [0.717, 1.165) is 16.9 Å². The van der Waals surface area contributed by atoms with E-state index in [-0.39, 0.29) is 5.91 Å². The van der Waals surface area contributed by atoms with Crippen LogP contribution >= 0.6 is 35.4 Å². The van der Waals surface area contributed by atoms with Crippen molar-refractivity contribution >= 4 is 52.1 Å². The molecule has 3 aromatic rings. The summed E-state index contributed by atoms with van der Waals surface area (Å²) < 4.78 is 5.93. The van der Waals surface area contributed by atoms with E-state index in [1.54, 1.807) is 31.5 Å². The van der Waals surface area contributed by atoms with Gasteiger partial charge >= 0.3 is 0 Å². The van der Waals surface area contributed by atoms with Crippen LogP contribution in [0, 0.1) is 18.3 Å². The number of amides is 1. The maximum Gasteiger partial charge on any atom is 0.258 e. The fourth-order valence-corrected chi connectivity index (χ4v) is 5.11. The number of benzene rings is 2. The van der Waals surface area contributed by atoms with E-state index >= 15 is 0 Å². The normalized spacial score (nSPS) is 14.8. The molecule has 0 spiro atoms. The lowest BCUT2D eigenvalue weighted by atomic mass is 10.0. The molecule has 1 amide bonds. The van der Waals surface area contributed by atoms with Crippen molar-refractivity contribution in [2.24, 2.45) is 0 Å². The third kappa shape index (κ3) is 4.77. The SMILES string of the molecule is Cc1c(N2C(=O)C(C)(C)N(CCCOc3ccc(-c4ccncc4Cl)cc3)C2=S)ccc(C#N)c1Cl. The quantitative estimate of drug-likeness (QED) is 0.255. The average Bonchev–Trinajstić information content (AvgIpc) is 3.03. The van der Waals surface area contributed by atoms with E-state index in [1.807, 2.05) is 49.1 Å². The Morgan fingerprint density at radius 2 is 1.86 bits per heavy atom. The summed E-state index contributed by atoms with van der Waals surface area (Å²) in [4.78, 5) is 20.8. The Morgan fingerprint density at radius 3 is 2.53 bits per heavy atom. The lowest BCUT2D eigenvalue weighted by Crippen LogP contribution is -2.44. The second-order valence-corrected chi connectivity index (χ2v) is 10.0. The minimum atomic E-state index is -0.824. The lowest BCUT2D eigenvalue weighted by Gasteiger charge is -2.29. The summed E-state index contributed by atoms with van der Waals surface area (Å²) in [6.45, 7) is 6.49. The van der Waals surface area contributed by atoms with Gasteiger partial charge in [-0.3, -0.25) is 14.7 Å². The molecule has 0 bridgehead atoms. The van der Waals surface area contributed by atoms with Crippen molar-refractivity contribution in [3.8, 4) is 22.9 Å². The van der Waals surface area contributed by atoms with Crippen molar-refractivity contribution < 1.29 is 9.53 Å². The Kier molecular flexibility index (Phi) is 7.51. The first kappa shape index (κ1) is 25.9. The molecule has 0 aliphatic carbocycles. The zero-order valence-corrected chi connectivity index (χ0v) is 22.4. The van der Waals surface area contributed by atoms with Crippen LogP contribution in [0.2, 0.25) is 10.0 Å². The van der Waals surface area contributed by atoms with Crippen LogP contribution in [0.5, 0.6) is 5.75 Å². The highest BCUT2D eigenvalue weighted by Gasteiger charge is 2.49. The summed E-state index contributed by atoms with van der Waals surface area (Å²) in [5.41, 5.74) is 2.67. The highest BCUT2D eigenvalue weighted by molar-refractivity contribution is 7.80. The van der Waals surface area contributed by atoms with E-state index in [9.17, 15) is 10.1 Å². The number of carbonyl (C=O) groups excluding carboxylic acids is 1. The molecule has 1 fully saturated rings. The molecule has 0 N–H and O–H groups in total. The number of thiocarbonyl (C=S) groups is 1. The first-order valence-electron chi connectivity index (χ1n) is 11.3. The minimum Gasteiger partial charge on any atom is -0.494 e. The molecule has 184 valence electrons. The van der Waals surface area contributed by atoms with Gasteiger partial charge in [0.2, 0.25) is 0 Å². The molecule has 0 atom stereocenters. The number of nitriles is 1. The fraction of sp³-hybridized carbons (Fsp3) is 0.259. The third-order valence-corrected chi connectivity index (χ3v) is 7.47. The van der Waals surface area contributed by atoms with E-state index in [2.05, 4.69) is 11.1 Å². The summed E-state index contributed by atoms with van der Waals surface area (Å²) in [6, 6.07) is 15.0. The smallest absolute Gasteiger partial charge is 0.258 e. The van der Waals surface area contributed by atoms with Crippen molar-refractivity contribution in [1.82, 2.24) is 9.88 Å². The van der Waals surface area contributed by atoms with Gasteiger partial charge in [0.05, 0.1) is 27.9 Å². The predicted molar refractivity (Wildman–Crippen MR) is 147 cm³/mol. The third-order valence-electron chi connectivity index (χ3n) is 6.28. The Labute approximate surface area is 226 Å². The number of hydrogen-bond donors (Lipinski definition) is 0. The Hall–Kier alpha value is -3.18. The number of aromatic nitrogens is 1. The van der Waals surface area contributed by atoms with Gasteiger partial charge < -0.3 is 9.64 Å². The van der Waals surface area contributed by atoms with Crippen molar-refractivity contribution in [3.05, 3.63) is 76.0 Å². The van der Waals surface area contributed by atoms with E-state index in [4.69, 9.17) is 40.2 Å². The predicted octanol–water partition coefficient (Wildman–Crippen LogP) is 6.42. The molecule has 6 nitrogen and oxygen atoms in total. The van der Waals surface area contributed by atoms with Crippen molar-refractivity contribution in [2.75, 3.05) is 18.1 Å². The maximum absolute atomic E-state index is 13.3. The number of nitrogens with zero attached hydrogens (tertiary/aromatic N) is 4. The zero-order valence-electron chi connectivity index (χ0n) is 20.1. The Morgan fingerprint density at radius 1 is 1.14 bits per heavy atom.